The summed E-state index contributed by atoms with van der Waals surface area (Å²) in [5.74, 6) is 0.374. The molecule has 0 radical (unpaired) electrons. The average Bonchev–Trinajstić information content (AvgIpc) is 2.84. The van der Waals surface area contributed by atoms with Crippen LogP contribution in [0.2, 0.25) is 5.02 Å². The van der Waals surface area contributed by atoms with E-state index >= 15 is 0 Å². The summed E-state index contributed by atoms with van der Waals surface area (Å²) < 4.78 is 10.9. The topological polar surface area (TPSA) is 51.5 Å². The van der Waals surface area contributed by atoms with Crippen molar-refractivity contribution in [1.82, 2.24) is 0 Å². The highest BCUT2D eigenvalue weighted by Gasteiger charge is 2.14. The van der Waals surface area contributed by atoms with Gasteiger partial charge in [-0.1, -0.05) is 11.6 Å². The molecular weight excluding hydrogens is 302 g/mol. The number of hydrogen-bond donors (Lipinski definition) is 1. The van der Waals surface area contributed by atoms with E-state index in [2.05, 4.69) is 5.32 Å². The maximum atomic E-state index is 12.2. The van der Waals surface area contributed by atoms with E-state index in [1.807, 2.05) is 26.8 Å². The molecule has 118 valence electrons. The molecule has 4 nitrogen and oxygen atoms in total. The van der Waals surface area contributed by atoms with Gasteiger partial charge in [0.25, 0.3) is 5.91 Å². The summed E-state index contributed by atoms with van der Waals surface area (Å²) in [6.07, 6.45) is 1.49. The van der Waals surface area contributed by atoms with Crippen LogP contribution in [0.4, 0.5) is 5.69 Å². The van der Waals surface area contributed by atoms with Gasteiger partial charge >= 0.3 is 0 Å². The number of carbonyl (C=O) groups is 1. The molecule has 22 heavy (non-hydrogen) atoms. The Morgan fingerprint density at radius 1 is 1.32 bits per heavy atom. The lowest BCUT2D eigenvalue weighted by molar-refractivity contribution is -0.0149. The van der Waals surface area contributed by atoms with Gasteiger partial charge in [-0.15, -0.1) is 0 Å². The van der Waals surface area contributed by atoms with E-state index in [1.165, 1.54) is 6.26 Å². The van der Waals surface area contributed by atoms with Crippen molar-refractivity contribution in [1.29, 1.82) is 0 Å². The van der Waals surface area contributed by atoms with Gasteiger partial charge in [0.1, 0.15) is 5.76 Å². The number of hydrogen-bond acceptors (Lipinski definition) is 3. The Morgan fingerprint density at radius 3 is 2.64 bits per heavy atom. The Balaban J connectivity index is 2.12. The first-order chi connectivity index (χ1) is 10.3. The van der Waals surface area contributed by atoms with E-state index in [4.69, 9.17) is 20.8 Å². The van der Waals surface area contributed by atoms with Gasteiger partial charge < -0.3 is 14.5 Å². The van der Waals surface area contributed by atoms with Crippen molar-refractivity contribution >= 4 is 23.2 Å². The van der Waals surface area contributed by atoms with Gasteiger partial charge in [-0.05, 0) is 57.5 Å². The van der Waals surface area contributed by atoms with Gasteiger partial charge in [-0.25, -0.2) is 0 Å². The number of rotatable bonds is 4. The minimum atomic E-state index is -0.253. The van der Waals surface area contributed by atoms with Gasteiger partial charge in [0.05, 0.1) is 24.0 Å². The van der Waals surface area contributed by atoms with E-state index in [0.29, 0.717) is 28.6 Å². The van der Waals surface area contributed by atoms with Crippen LogP contribution in [0.25, 0.3) is 0 Å². The number of furan rings is 1. The number of halogens is 1. The smallest absolute Gasteiger partial charge is 0.259 e. The summed E-state index contributed by atoms with van der Waals surface area (Å²) in [5, 5.41) is 3.45. The average molecular weight is 322 g/mol. The van der Waals surface area contributed by atoms with Crippen molar-refractivity contribution in [2.24, 2.45) is 0 Å². The van der Waals surface area contributed by atoms with Crippen molar-refractivity contribution in [3.05, 3.63) is 52.4 Å². The fourth-order valence-electron chi connectivity index (χ4n) is 1.88. The fourth-order valence-corrected chi connectivity index (χ4v) is 2.05. The molecule has 2 rings (SSSR count). The van der Waals surface area contributed by atoms with Crippen molar-refractivity contribution < 1.29 is 13.9 Å². The lowest BCUT2D eigenvalue weighted by atomic mass is 10.1. The zero-order valence-electron chi connectivity index (χ0n) is 13.2. The highest BCUT2D eigenvalue weighted by atomic mass is 35.5. The second-order valence-corrected chi connectivity index (χ2v) is 6.46. The molecule has 0 spiro atoms. The largest absolute Gasteiger partial charge is 0.469 e. The molecule has 1 N–H and O–H groups in total. The number of amides is 1. The first kappa shape index (κ1) is 16.6. The summed E-state index contributed by atoms with van der Waals surface area (Å²) in [6, 6.07) is 6.97. The third-order valence-corrected chi connectivity index (χ3v) is 3.44. The molecule has 0 aliphatic heterocycles. The number of ether oxygens (including phenoxy) is 1. The van der Waals surface area contributed by atoms with Gasteiger partial charge in [0.2, 0.25) is 0 Å². The maximum Gasteiger partial charge on any atom is 0.259 e. The molecule has 1 aromatic heterocycles. The normalized spacial score (nSPS) is 11.5. The third kappa shape index (κ3) is 4.36. The van der Waals surface area contributed by atoms with Gasteiger partial charge in [0, 0.05) is 10.7 Å². The zero-order chi connectivity index (χ0) is 16.3. The van der Waals surface area contributed by atoms with E-state index in [-0.39, 0.29) is 11.5 Å². The molecule has 0 aliphatic carbocycles. The van der Waals surface area contributed by atoms with Crippen molar-refractivity contribution in [2.45, 2.75) is 39.9 Å². The van der Waals surface area contributed by atoms with Crippen molar-refractivity contribution in [2.75, 3.05) is 5.32 Å². The van der Waals surface area contributed by atoms with Crippen LogP contribution >= 0.6 is 11.6 Å². The minimum absolute atomic E-state index is 0.212. The van der Waals surface area contributed by atoms with Crippen molar-refractivity contribution in [3.8, 4) is 0 Å². The molecular formula is C17H20ClNO3. The van der Waals surface area contributed by atoms with Crippen LogP contribution in [0.5, 0.6) is 0 Å². The molecule has 0 saturated carbocycles. The Kier molecular flexibility index (Phi) is 4.94. The highest BCUT2D eigenvalue weighted by molar-refractivity contribution is 6.31. The summed E-state index contributed by atoms with van der Waals surface area (Å²) in [6.45, 7) is 8.08. The number of benzene rings is 1. The Bertz CT molecular complexity index is 671. The van der Waals surface area contributed by atoms with Crippen LogP contribution in [0.3, 0.4) is 0 Å². The van der Waals surface area contributed by atoms with E-state index < -0.39 is 0 Å². The van der Waals surface area contributed by atoms with Crippen LogP contribution in [0.15, 0.2) is 34.9 Å². The molecule has 0 unspecified atom stereocenters. The second kappa shape index (κ2) is 6.55. The fraction of sp³-hybridized carbons (Fsp3) is 0.353. The lowest BCUT2D eigenvalue weighted by Gasteiger charge is -2.20. The first-order valence-corrected chi connectivity index (χ1v) is 7.42. The number of anilines is 1. The number of nitrogens with one attached hydrogen (secondary N) is 1. The highest BCUT2D eigenvalue weighted by Crippen LogP contribution is 2.24. The number of aryl methyl sites for hydroxylation is 1. The maximum absolute atomic E-state index is 12.2. The van der Waals surface area contributed by atoms with Crippen molar-refractivity contribution in [3.63, 3.8) is 0 Å². The summed E-state index contributed by atoms with van der Waals surface area (Å²) in [7, 11) is 0. The predicted octanol–water partition coefficient (Wildman–Crippen LogP) is 4.81. The Labute approximate surface area is 135 Å². The quantitative estimate of drug-likeness (QED) is 0.879. The van der Waals surface area contributed by atoms with Crippen LogP contribution in [0.1, 0.15) is 42.5 Å². The molecule has 1 heterocycles. The minimum Gasteiger partial charge on any atom is -0.469 e. The Morgan fingerprint density at radius 2 is 2.05 bits per heavy atom. The summed E-state index contributed by atoms with van der Waals surface area (Å²) in [4.78, 5) is 12.2. The third-order valence-electron chi connectivity index (χ3n) is 3.07. The molecule has 1 amide bonds. The predicted molar refractivity (Wildman–Crippen MR) is 87.4 cm³/mol. The molecule has 0 saturated heterocycles. The lowest BCUT2D eigenvalue weighted by Crippen LogP contribution is -2.19. The Hall–Kier alpha value is -1.78. The van der Waals surface area contributed by atoms with Gasteiger partial charge in [-0.2, -0.15) is 0 Å². The van der Waals surface area contributed by atoms with Gasteiger partial charge in [0.15, 0.2) is 0 Å². The van der Waals surface area contributed by atoms with Crippen LogP contribution < -0.4 is 5.32 Å². The SMILES string of the molecule is Cc1occc1C(=O)Nc1ccc(Cl)c(COC(C)(C)C)c1. The monoisotopic (exact) mass is 321 g/mol. The molecule has 5 heteroatoms. The van der Waals surface area contributed by atoms with Crippen LogP contribution in [0, 0.1) is 6.92 Å². The van der Waals surface area contributed by atoms with Gasteiger partial charge in [-0.3, -0.25) is 4.79 Å². The van der Waals surface area contributed by atoms with E-state index in [9.17, 15) is 4.79 Å². The zero-order valence-corrected chi connectivity index (χ0v) is 14.0. The summed E-state index contributed by atoms with van der Waals surface area (Å²) in [5.41, 5.74) is 1.76. The second-order valence-electron chi connectivity index (χ2n) is 6.05. The molecule has 2 aromatic rings. The molecule has 0 bridgehead atoms. The first-order valence-electron chi connectivity index (χ1n) is 7.04. The van der Waals surface area contributed by atoms with E-state index in [0.717, 1.165) is 5.56 Å². The molecule has 0 fully saturated rings. The molecule has 0 aliphatic rings. The molecule has 1 aromatic carbocycles. The number of carbonyl (C=O) groups excluding carboxylic acids is 1. The van der Waals surface area contributed by atoms with Crippen LogP contribution in [-0.2, 0) is 11.3 Å². The van der Waals surface area contributed by atoms with Crippen LogP contribution in [-0.4, -0.2) is 11.5 Å². The standard InChI is InChI=1S/C17H20ClNO3/c1-11-14(7-8-21-11)16(20)19-13-5-6-15(18)12(9-13)10-22-17(2,3)4/h5-9H,10H2,1-4H3,(H,19,20). The van der Waals surface area contributed by atoms with E-state index in [1.54, 1.807) is 25.1 Å². The molecule has 0 atom stereocenters. The summed E-state index contributed by atoms with van der Waals surface area (Å²) >= 11 is 6.18.